The Hall–Kier alpha value is -3.38. The highest BCUT2D eigenvalue weighted by atomic mass is 16.3. The van der Waals surface area contributed by atoms with Crippen LogP contribution in [0.4, 0.5) is 5.69 Å². The molecule has 0 aliphatic carbocycles. The van der Waals surface area contributed by atoms with Crippen molar-refractivity contribution in [3.8, 4) is 0 Å². The van der Waals surface area contributed by atoms with Crippen molar-refractivity contribution in [2.24, 2.45) is 0 Å². The SMILES string of the molecule is Cc1[nH]c2ccc(NC(=O)c3ccco3)cc2c1[C@H](c1ccccn1)N1CCCCC1. The number of piperidine rings is 1. The second-order valence-electron chi connectivity index (χ2n) is 8.11. The third-order valence-corrected chi connectivity index (χ3v) is 6.04. The highest BCUT2D eigenvalue weighted by Crippen LogP contribution is 2.37. The summed E-state index contributed by atoms with van der Waals surface area (Å²) in [6.45, 7) is 4.24. The fourth-order valence-electron chi connectivity index (χ4n) is 4.61. The summed E-state index contributed by atoms with van der Waals surface area (Å²) in [5, 5.41) is 4.06. The van der Waals surface area contributed by atoms with Crippen LogP contribution in [0, 0.1) is 6.92 Å². The number of H-pyrrole nitrogens is 1. The first-order chi connectivity index (χ1) is 15.2. The summed E-state index contributed by atoms with van der Waals surface area (Å²) < 4.78 is 5.23. The molecule has 1 aromatic carbocycles. The molecule has 1 amide bonds. The van der Waals surface area contributed by atoms with E-state index in [1.165, 1.54) is 31.1 Å². The van der Waals surface area contributed by atoms with Gasteiger partial charge in [-0.3, -0.25) is 14.7 Å². The van der Waals surface area contributed by atoms with Gasteiger partial charge in [0.2, 0.25) is 0 Å². The topological polar surface area (TPSA) is 74.2 Å². The highest BCUT2D eigenvalue weighted by Gasteiger charge is 2.29. The summed E-state index contributed by atoms with van der Waals surface area (Å²) in [4.78, 5) is 23.3. The van der Waals surface area contributed by atoms with E-state index in [0.29, 0.717) is 5.76 Å². The Morgan fingerprint density at radius 3 is 2.74 bits per heavy atom. The molecule has 3 aromatic heterocycles. The summed E-state index contributed by atoms with van der Waals surface area (Å²) in [5.41, 5.74) is 5.21. The Morgan fingerprint density at radius 2 is 2.00 bits per heavy atom. The smallest absolute Gasteiger partial charge is 0.291 e. The molecule has 0 spiro atoms. The Bertz CT molecular complexity index is 1180. The van der Waals surface area contributed by atoms with Crippen LogP contribution in [0.25, 0.3) is 10.9 Å². The number of benzene rings is 1. The van der Waals surface area contributed by atoms with E-state index in [-0.39, 0.29) is 11.9 Å². The number of furan rings is 1. The predicted octanol–water partition coefficient (Wildman–Crippen LogP) is 5.29. The number of pyridine rings is 1. The van der Waals surface area contributed by atoms with E-state index in [9.17, 15) is 4.79 Å². The molecule has 4 heterocycles. The quantitative estimate of drug-likeness (QED) is 0.465. The van der Waals surface area contributed by atoms with Gasteiger partial charge >= 0.3 is 0 Å². The zero-order valence-electron chi connectivity index (χ0n) is 17.6. The van der Waals surface area contributed by atoms with Gasteiger partial charge in [0.25, 0.3) is 5.91 Å². The minimum atomic E-state index is -0.254. The van der Waals surface area contributed by atoms with Crippen LogP contribution in [0.5, 0.6) is 0 Å². The number of anilines is 1. The number of aromatic nitrogens is 2. The molecule has 1 atom stereocenters. The zero-order valence-corrected chi connectivity index (χ0v) is 17.6. The van der Waals surface area contributed by atoms with Crippen molar-refractivity contribution in [2.45, 2.75) is 32.2 Å². The minimum Gasteiger partial charge on any atom is -0.459 e. The second-order valence-corrected chi connectivity index (χ2v) is 8.11. The zero-order chi connectivity index (χ0) is 21.2. The maximum atomic E-state index is 12.5. The van der Waals surface area contributed by atoms with Crippen molar-refractivity contribution >= 4 is 22.5 Å². The number of rotatable bonds is 5. The second kappa shape index (κ2) is 8.40. The summed E-state index contributed by atoms with van der Waals surface area (Å²) in [6, 6.07) is 15.6. The van der Waals surface area contributed by atoms with E-state index in [4.69, 9.17) is 9.40 Å². The van der Waals surface area contributed by atoms with E-state index in [2.05, 4.69) is 40.3 Å². The number of carbonyl (C=O) groups is 1. The Morgan fingerprint density at radius 1 is 1.13 bits per heavy atom. The molecule has 1 aliphatic rings. The minimum absolute atomic E-state index is 0.0753. The van der Waals surface area contributed by atoms with Crippen molar-refractivity contribution in [1.29, 1.82) is 0 Å². The van der Waals surface area contributed by atoms with Gasteiger partial charge in [-0.1, -0.05) is 12.5 Å². The van der Waals surface area contributed by atoms with Gasteiger partial charge in [0.05, 0.1) is 18.0 Å². The fraction of sp³-hybridized carbons (Fsp3) is 0.280. The molecular weight excluding hydrogens is 388 g/mol. The molecular formula is C25H26N4O2. The van der Waals surface area contributed by atoms with Crippen LogP contribution < -0.4 is 5.32 Å². The number of hydrogen-bond donors (Lipinski definition) is 2. The number of nitrogens with one attached hydrogen (secondary N) is 2. The van der Waals surface area contributed by atoms with Gasteiger partial charge in [-0.15, -0.1) is 0 Å². The van der Waals surface area contributed by atoms with Gasteiger partial charge in [0, 0.05) is 34.0 Å². The Labute approximate surface area is 181 Å². The molecule has 0 unspecified atom stereocenters. The van der Waals surface area contributed by atoms with Crippen molar-refractivity contribution in [3.05, 3.63) is 83.7 Å². The lowest BCUT2D eigenvalue weighted by molar-refractivity contribution is 0.0996. The molecule has 0 bridgehead atoms. The summed E-state index contributed by atoms with van der Waals surface area (Å²) in [6.07, 6.45) is 7.05. The van der Waals surface area contributed by atoms with Crippen molar-refractivity contribution in [2.75, 3.05) is 18.4 Å². The number of fused-ring (bicyclic) bond motifs is 1. The van der Waals surface area contributed by atoms with Crippen LogP contribution in [0.15, 0.2) is 65.4 Å². The molecule has 1 aliphatic heterocycles. The van der Waals surface area contributed by atoms with Gasteiger partial charge in [0.15, 0.2) is 5.76 Å². The lowest BCUT2D eigenvalue weighted by Gasteiger charge is -2.34. The van der Waals surface area contributed by atoms with Crippen molar-refractivity contribution in [3.63, 3.8) is 0 Å². The van der Waals surface area contributed by atoms with Crippen LogP contribution in [-0.2, 0) is 0 Å². The number of amides is 1. The van der Waals surface area contributed by atoms with Crippen LogP contribution in [0.2, 0.25) is 0 Å². The van der Waals surface area contributed by atoms with Gasteiger partial charge in [-0.2, -0.15) is 0 Å². The molecule has 31 heavy (non-hydrogen) atoms. The number of likely N-dealkylation sites (tertiary alicyclic amines) is 1. The third kappa shape index (κ3) is 3.86. The Kier molecular flexibility index (Phi) is 5.30. The van der Waals surface area contributed by atoms with Gasteiger partial charge in [-0.25, -0.2) is 0 Å². The van der Waals surface area contributed by atoms with Gasteiger partial charge in [-0.05, 0) is 75.3 Å². The molecule has 4 aromatic rings. The first-order valence-electron chi connectivity index (χ1n) is 10.8. The number of hydrogen-bond acceptors (Lipinski definition) is 4. The molecule has 0 radical (unpaired) electrons. The van der Waals surface area contributed by atoms with Crippen LogP contribution in [-0.4, -0.2) is 33.9 Å². The van der Waals surface area contributed by atoms with Crippen LogP contribution in [0.1, 0.15) is 52.8 Å². The molecule has 158 valence electrons. The van der Waals surface area contributed by atoms with E-state index in [1.807, 2.05) is 24.4 Å². The van der Waals surface area contributed by atoms with Crippen LogP contribution >= 0.6 is 0 Å². The number of aryl methyl sites for hydroxylation is 1. The number of nitrogens with zero attached hydrogens (tertiary/aromatic N) is 2. The molecule has 5 rings (SSSR count). The predicted molar refractivity (Wildman–Crippen MR) is 121 cm³/mol. The molecule has 1 fully saturated rings. The monoisotopic (exact) mass is 414 g/mol. The van der Waals surface area contributed by atoms with Gasteiger partial charge < -0.3 is 14.7 Å². The molecule has 6 heteroatoms. The lowest BCUT2D eigenvalue weighted by Crippen LogP contribution is -2.35. The van der Waals surface area contributed by atoms with Gasteiger partial charge in [0.1, 0.15) is 0 Å². The highest BCUT2D eigenvalue weighted by molar-refractivity contribution is 6.03. The third-order valence-electron chi connectivity index (χ3n) is 6.04. The molecule has 2 N–H and O–H groups in total. The summed E-state index contributed by atoms with van der Waals surface area (Å²) in [7, 11) is 0. The average Bonchev–Trinajstić information content (AvgIpc) is 3.44. The van der Waals surface area contributed by atoms with E-state index < -0.39 is 0 Å². The van der Waals surface area contributed by atoms with Crippen molar-refractivity contribution < 1.29 is 9.21 Å². The van der Waals surface area contributed by atoms with E-state index in [1.54, 1.807) is 12.1 Å². The molecule has 1 saturated heterocycles. The van der Waals surface area contributed by atoms with E-state index >= 15 is 0 Å². The Balaban J connectivity index is 1.58. The van der Waals surface area contributed by atoms with E-state index in [0.717, 1.165) is 41.1 Å². The maximum Gasteiger partial charge on any atom is 0.291 e. The average molecular weight is 415 g/mol. The largest absolute Gasteiger partial charge is 0.459 e. The maximum absolute atomic E-state index is 12.5. The molecule has 6 nitrogen and oxygen atoms in total. The first-order valence-corrected chi connectivity index (χ1v) is 10.8. The molecule has 0 saturated carbocycles. The van der Waals surface area contributed by atoms with Crippen molar-refractivity contribution in [1.82, 2.24) is 14.9 Å². The van der Waals surface area contributed by atoms with Crippen LogP contribution in [0.3, 0.4) is 0 Å². The summed E-state index contributed by atoms with van der Waals surface area (Å²) >= 11 is 0. The number of aromatic amines is 1. The number of carbonyl (C=O) groups excluding carboxylic acids is 1. The lowest BCUT2D eigenvalue weighted by atomic mass is 9.95. The normalized spacial score (nSPS) is 15.8. The first kappa shape index (κ1) is 19.6. The summed E-state index contributed by atoms with van der Waals surface area (Å²) in [5.74, 6) is 0.0423. The standard InChI is InChI=1S/C25H26N4O2/c1-17-23(24(21-8-3-4-12-26-21)29-13-5-2-6-14-29)19-16-18(10-11-20(19)27-17)28-25(30)22-9-7-15-31-22/h3-4,7-12,15-16,24,27H,2,5-6,13-14H2,1H3,(H,28,30)/t24-/m0/s1. The fourth-order valence-corrected chi connectivity index (χ4v) is 4.61.